The Morgan fingerprint density at radius 3 is 2.65 bits per heavy atom. The molecule has 160 valence electrons. The fourth-order valence-corrected chi connectivity index (χ4v) is 2.89. The molecule has 0 spiro atoms. The van der Waals surface area contributed by atoms with E-state index in [1.165, 1.54) is 36.4 Å². The van der Waals surface area contributed by atoms with Crippen LogP contribution in [0.25, 0.3) is 5.69 Å². The zero-order valence-electron chi connectivity index (χ0n) is 16.0. The molecule has 2 aromatic carbocycles. The normalized spacial score (nSPS) is 11.1. The van der Waals surface area contributed by atoms with E-state index in [1.54, 1.807) is 12.1 Å². The first-order chi connectivity index (χ1) is 14.8. The second-order valence-corrected chi connectivity index (χ2v) is 6.82. The Hall–Kier alpha value is -3.51. The van der Waals surface area contributed by atoms with E-state index in [0.717, 1.165) is 6.20 Å². The summed E-state index contributed by atoms with van der Waals surface area (Å²) in [6.07, 6.45) is -3.08. The molecule has 0 atom stereocenters. The molecule has 0 saturated carbocycles. The maximum absolute atomic E-state index is 13.8. The summed E-state index contributed by atoms with van der Waals surface area (Å²) in [6.45, 7) is 0.303. The van der Waals surface area contributed by atoms with Gasteiger partial charge in [0.05, 0.1) is 30.1 Å². The lowest BCUT2D eigenvalue weighted by Gasteiger charge is -2.13. The summed E-state index contributed by atoms with van der Waals surface area (Å²) in [5.41, 5.74) is -1.45. The van der Waals surface area contributed by atoms with Crippen molar-refractivity contribution in [2.45, 2.75) is 19.0 Å². The van der Waals surface area contributed by atoms with Crippen molar-refractivity contribution in [3.8, 4) is 17.5 Å². The Morgan fingerprint density at radius 1 is 1.23 bits per heavy atom. The molecule has 0 aliphatic rings. The third-order valence-corrected chi connectivity index (χ3v) is 4.40. The Kier molecular flexibility index (Phi) is 6.82. The highest BCUT2D eigenvalue weighted by molar-refractivity contribution is 6.30. The number of amides is 1. The van der Waals surface area contributed by atoms with Gasteiger partial charge in [0.2, 0.25) is 0 Å². The van der Waals surface area contributed by atoms with Gasteiger partial charge in [-0.05, 0) is 42.8 Å². The first kappa shape index (κ1) is 22.2. The van der Waals surface area contributed by atoms with Gasteiger partial charge in [-0.2, -0.15) is 23.5 Å². The number of nitriles is 1. The van der Waals surface area contributed by atoms with Crippen molar-refractivity contribution in [3.05, 3.63) is 71.0 Å². The number of anilines is 1. The van der Waals surface area contributed by atoms with Crippen LogP contribution >= 0.6 is 11.6 Å². The summed E-state index contributed by atoms with van der Waals surface area (Å²) in [5, 5.41) is 15.1. The lowest BCUT2D eigenvalue weighted by atomic mass is 10.2. The molecule has 0 radical (unpaired) electrons. The predicted molar refractivity (Wildman–Crippen MR) is 108 cm³/mol. The largest absolute Gasteiger partial charge is 0.493 e. The first-order valence-corrected chi connectivity index (χ1v) is 9.49. The molecule has 3 aromatic rings. The Labute approximate surface area is 180 Å². The van der Waals surface area contributed by atoms with Gasteiger partial charge in [-0.25, -0.2) is 4.68 Å². The van der Waals surface area contributed by atoms with Crippen LogP contribution in [0.5, 0.6) is 5.75 Å². The number of aromatic nitrogens is 2. The van der Waals surface area contributed by atoms with Gasteiger partial charge in [0, 0.05) is 23.2 Å². The van der Waals surface area contributed by atoms with Crippen molar-refractivity contribution in [1.82, 2.24) is 9.78 Å². The first-order valence-electron chi connectivity index (χ1n) is 9.12. The summed E-state index contributed by atoms with van der Waals surface area (Å²) in [7, 11) is 0. The molecular formula is C21H16ClF3N4O2. The fourth-order valence-electron chi connectivity index (χ4n) is 2.77. The minimum absolute atomic E-state index is 0.114. The number of unbranched alkanes of at least 4 members (excludes halogenated alkanes) is 1. The second kappa shape index (κ2) is 9.53. The van der Waals surface area contributed by atoms with E-state index in [-0.39, 0.29) is 11.4 Å². The number of halogens is 4. The maximum atomic E-state index is 13.8. The number of alkyl halides is 3. The lowest BCUT2D eigenvalue weighted by molar-refractivity contribution is -0.143. The van der Waals surface area contributed by atoms with Crippen LogP contribution in [0.15, 0.2) is 54.7 Å². The smallest absolute Gasteiger partial charge is 0.434 e. The number of hydrogen-bond acceptors (Lipinski definition) is 4. The Bertz CT molecular complexity index is 1110. The van der Waals surface area contributed by atoms with Crippen LogP contribution in [0.3, 0.4) is 0 Å². The molecule has 0 fully saturated rings. The van der Waals surface area contributed by atoms with Crippen LogP contribution in [0, 0.1) is 11.3 Å². The third-order valence-electron chi connectivity index (χ3n) is 4.15. The SMILES string of the molecule is N#CCCCOc1cccc(NC(=O)c2cnn(-c3ccc(Cl)cc3)c2C(F)(F)F)c1. The van der Waals surface area contributed by atoms with Gasteiger partial charge < -0.3 is 10.1 Å². The highest BCUT2D eigenvalue weighted by Crippen LogP contribution is 2.34. The molecule has 6 nitrogen and oxygen atoms in total. The van der Waals surface area contributed by atoms with Crippen molar-refractivity contribution in [2.75, 3.05) is 11.9 Å². The summed E-state index contributed by atoms with van der Waals surface area (Å²) < 4.78 is 47.4. The topological polar surface area (TPSA) is 79.9 Å². The van der Waals surface area contributed by atoms with Crippen molar-refractivity contribution >= 4 is 23.2 Å². The summed E-state index contributed by atoms with van der Waals surface area (Å²) in [6, 6.07) is 13.9. The van der Waals surface area contributed by atoms with Crippen molar-refractivity contribution in [2.24, 2.45) is 0 Å². The third kappa shape index (κ3) is 5.55. The molecule has 0 aliphatic carbocycles. The summed E-state index contributed by atoms with van der Waals surface area (Å²) in [4.78, 5) is 12.6. The predicted octanol–water partition coefficient (Wildman–Crippen LogP) is 5.48. The van der Waals surface area contributed by atoms with Gasteiger partial charge in [-0.3, -0.25) is 4.79 Å². The molecule has 0 unspecified atom stereocenters. The molecule has 1 aromatic heterocycles. The quantitative estimate of drug-likeness (QED) is 0.485. The Morgan fingerprint density at radius 2 is 1.97 bits per heavy atom. The number of nitrogens with one attached hydrogen (secondary N) is 1. The monoisotopic (exact) mass is 448 g/mol. The van der Waals surface area contributed by atoms with Crippen LogP contribution in [-0.4, -0.2) is 22.3 Å². The molecule has 10 heteroatoms. The van der Waals surface area contributed by atoms with E-state index in [4.69, 9.17) is 21.6 Å². The molecule has 0 aliphatic heterocycles. The van der Waals surface area contributed by atoms with Gasteiger partial charge in [0.15, 0.2) is 5.69 Å². The van der Waals surface area contributed by atoms with E-state index in [0.29, 0.717) is 34.9 Å². The number of benzene rings is 2. The van der Waals surface area contributed by atoms with Crippen LogP contribution in [0.1, 0.15) is 28.9 Å². The zero-order chi connectivity index (χ0) is 22.4. The van der Waals surface area contributed by atoms with Crippen LogP contribution in [-0.2, 0) is 6.18 Å². The van der Waals surface area contributed by atoms with E-state index < -0.39 is 23.3 Å². The van der Waals surface area contributed by atoms with Crippen molar-refractivity contribution in [3.63, 3.8) is 0 Å². The minimum Gasteiger partial charge on any atom is -0.493 e. The number of nitrogens with zero attached hydrogens (tertiary/aromatic N) is 3. The average molecular weight is 449 g/mol. The van der Waals surface area contributed by atoms with Gasteiger partial charge in [0.25, 0.3) is 5.91 Å². The van der Waals surface area contributed by atoms with E-state index >= 15 is 0 Å². The van der Waals surface area contributed by atoms with Crippen molar-refractivity contribution in [1.29, 1.82) is 5.26 Å². The summed E-state index contributed by atoms with van der Waals surface area (Å²) in [5.74, 6) is -0.544. The number of carbonyl (C=O) groups is 1. The molecule has 31 heavy (non-hydrogen) atoms. The van der Waals surface area contributed by atoms with Gasteiger partial charge in [-0.15, -0.1) is 0 Å². The van der Waals surface area contributed by atoms with Gasteiger partial charge >= 0.3 is 6.18 Å². The van der Waals surface area contributed by atoms with Crippen LogP contribution in [0.4, 0.5) is 18.9 Å². The second-order valence-electron chi connectivity index (χ2n) is 6.38. The lowest BCUT2D eigenvalue weighted by Crippen LogP contribution is -2.20. The van der Waals surface area contributed by atoms with E-state index in [2.05, 4.69) is 10.4 Å². The minimum atomic E-state index is -4.82. The number of ether oxygens (including phenoxy) is 1. The van der Waals surface area contributed by atoms with Crippen LogP contribution in [0.2, 0.25) is 5.02 Å². The number of carbonyl (C=O) groups excluding carboxylic acids is 1. The highest BCUT2D eigenvalue weighted by atomic mass is 35.5. The van der Waals surface area contributed by atoms with Gasteiger partial charge in [-0.1, -0.05) is 17.7 Å². The molecule has 0 saturated heterocycles. The van der Waals surface area contributed by atoms with E-state index in [1.807, 2.05) is 6.07 Å². The van der Waals surface area contributed by atoms with Crippen molar-refractivity contribution < 1.29 is 22.7 Å². The number of rotatable bonds is 7. The van der Waals surface area contributed by atoms with E-state index in [9.17, 15) is 18.0 Å². The van der Waals surface area contributed by atoms with Crippen LogP contribution < -0.4 is 10.1 Å². The number of hydrogen-bond donors (Lipinski definition) is 1. The zero-order valence-corrected chi connectivity index (χ0v) is 16.7. The van der Waals surface area contributed by atoms with Gasteiger partial charge in [0.1, 0.15) is 5.75 Å². The molecule has 1 amide bonds. The molecular weight excluding hydrogens is 433 g/mol. The fraction of sp³-hybridized carbons (Fsp3) is 0.190. The summed E-state index contributed by atoms with van der Waals surface area (Å²) >= 11 is 5.79. The highest BCUT2D eigenvalue weighted by Gasteiger charge is 2.40. The molecule has 0 bridgehead atoms. The average Bonchev–Trinajstić information content (AvgIpc) is 3.18. The molecule has 3 rings (SSSR count). The standard InChI is InChI=1S/C21H16ClF3N4O2/c22-14-6-8-16(9-7-14)29-19(21(23,24)25)18(13-27-29)20(30)28-15-4-3-5-17(12-15)31-11-2-1-10-26/h3-9,12-13H,1-2,11H2,(H,28,30). The Balaban J connectivity index is 1.84. The molecule has 1 heterocycles. The molecule has 1 N–H and O–H groups in total. The maximum Gasteiger partial charge on any atom is 0.434 e.